The number of aliphatic hydroxyl groups excluding tert-OH is 2. The maximum Gasteiger partial charge on any atom is 0.330 e. The predicted octanol–water partition coefficient (Wildman–Crippen LogP) is 3.80. The van der Waals surface area contributed by atoms with Crippen LogP contribution in [0.4, 0.5) is 0 Å². The summed E-state index contributed by atoms with van der Waals surface area (Å²) in [6.45, 7) is 13.3. The minimum absolute atomic E-state index is 0.00235. The van der Waals surface area contributed by atoms with Crippen LogP contribution in [0.5, 0.6) is 0 Å². The van der Waals surface area contributed by atoms with Crippen molar-refractivity contribution in [1.29, 1.82) is 0 Å². The maximum absolute atomic E-state index is 13.4. The first kappa shape index (κ1) is 50.9. The van der Waals surface area contributed by atoms with E-state index in [0.29, 0.717) is 12.0 Å². The normalized spacial score (nSPS) is 36.9. The van der Waals surface area contributed by atoms with Gasteiger partial charge in [0.1, 0.15) is 12.2 Å². The fraction of sp³-hybridized carbons (Fsp3) is 0.756. The third-order valence-corrected chi connectivity index (χ3v) is 12.1. The number of hydrogen-bond acceptors (Lipinski definition) is 17. The van der Waals surface area contributed by atoms with Crippen molar-refractivity contribution in [3.63, 3.8) is 0 Å². The Balaban J connectivity index is 1.86. The molecule has 0 aromatic carbocycles. The van der Waals surface area contributed by atoms with Gasteiger partial charge in [-0.05, 0) is 59.0 Å². The van der Waals surface area contributed by atoms with E-state index in [2.05, 4.69) is 0 Å². The van der Waals surface area contributed by atoms with Crippen molar-refractivity contribution < 1.29 is 82.3 Å². The van der Waals surface area contributed by atoms with Crippen LogP contribution in [-0.4, -0.2) is 131 Å². The number of ether oxygens (including phenoxy) is 8. The maximum atomic E-state index is 13.4. The summed E-state index contributed by atoms with van der Waals surface area (Å²) in [5.41, 5.74) is -1.39. The highest BCUT2D eigenvalue weighted by molar-refractivity contribution is 5.83. The molecule has 0 radical (unpaired) electrons. The predicted molar refractivity (Wildman–Crippen MR) is 219 cm³/mol. The third-order valence-electron chi connectivity index (χ3n) is 12.1. The molecule has 4 rings (SSSR count). The molecule has 4 aliphatic heterocycles. The van der Waals surface area contributed by atoms with E-state index in [1.807, 2.05) is 0 Å². The van der Waals surface area contributed by atoms with Crippen molar-refractivity contribution in [2.45, 2.75) is 186 Å². The van der Waals surface area contributed by atoms with Crippen LogP contribution in [0.2, 0.25) is 0 Å². The average molecular weight is 881 g/mol. The number of cyclic esters (lactones) is 1. The van der Waals surface area contributed by atoms with Crippen LogP contribution >= 0.6 is 0 Å². The summed E-state index contributed by atoms with van der Waals surface area (Å²) in [7, 11) is 2.42. The lowest BCUT2D eigenvalue weighted by Crippen LogP contribution is -2.62. The molecule has 0 aliphatic carbocycles. The summed E-state index contributed by atoms with van der Waals surface area (Å²) in [6.07, 6.45) is -4.53. The summed E-state index contributed by atoms with van der Waals surface area (Å²) in [5.74, 6) is -8.90. The lowest BCUT2D eigenvalue weighted by atomic mass is 9.70. The second-order valence-electron chi connectivity index (χ2n) is 18.7. The summed E-state index contributed by atoms with van der Waals surface area (Å²) < 4.78 is 46.8. The van der Waals surface area contributed by atoms with E-state index in [1.165, 1.54) is 27.2 Å². The van der Waals surface area contributed by atoms with Crippen molar-refractivity contribution in [3.05, 3.63) is 35.5 Å². The summed E-state index contributed by atoms with van der Waals surface area (Å²) in [5, 5.41) is 47.3. The molecule has 17 heteroatoms. The van der Waals surface area contributed by atoms with Gasteiger partial charge >= 0.3 is 29.8 Å². The van der Waals surface area contributed by atoms with E-state index >= 15 is 0 Å². The minimum atomic E-state index is -2.35. The Bertz CT molecular complexity index is 1710. The molecule has 17 nitrogen and oxygen atoms in total. The van der Waals surface area contributed by atoms with Crippen LogP contribution in [0, 0.1) is 16.7 Å². The van der Waals surface area contributed by atoms with Crippen molar-refractivity contribution in [1.82, 2.24) is 0 Å². The molecule has 4 aliphatic rings. The number of methoxy groups -OCH3 is 2. The van der Waals surface area contributed by atoms with Crippen LogP contribution in [-0.2, 0) is 61.9 Å². The first-order valence-corrected chi connectivity index (χ1v) is 21.5. The summed E-state index contributed by atoms with van der Waals surface area (Å²) >= 11 is 0. The number of fused-ring (bicyclic) bond motifs is 6. The molecule has 3 fully saturated rings. The van der Waals surface area contributed by atoms with E-state index in [-0.39, 0.29) is 56.9 Å². The highest BCUT2D eigenvalue weighted by atomic mass is 16.7. The highest BCUT2D eigenvalue weighted by Gasteiger charge is 2.58. The van der Waals surface area contributed by atoms with Gasteiger partial charge in [0.2, 0.25) is 5.79 Å². The molecule has 0 spiro atoms. The number of esters is 5. The Morgan fingerprint density at radius 2 is 1.56 bits per heavy atom. The molecule has 0 aromatic rings. The molecule has 12 atom stereocenters. The Morgan fingerprint density at radius 1 is 0.903 bits per heavy atom. The monoisotopic (exact) mass is 880 g/mol. The van der Waals surface area contributed by atoms with E-state index in [9.17, 15) is 44.4 Å². The van der Waals surface area contributed by atoms with Crippen LogP contribution in [0.15, 0.2) is 35.5 Å². The smallest absolute Gasteiger partial charge is 0.330 e. The first-order valence-electron chi connectivity index (χ1n) is 21.5. The molecule has 0 aromatic heterocycles. The molecule has 0 unspecified atom stereocenters. The Morgan fingerprint density at radius 3 is 2.18 bits per heavy atom. The number of rotatable bonds is 7. The van der Waals surface area contributed by atoms with Crippen molar-refractivity contribution in [2.24, 2.45) is 16.7 Å². The van der Waals surface area contributed by atoms with Gasteiger partial charge in [-0.15, -0.1) is 0 Å². The lowest BCUT2D eigenvalue weighted by Gasteiger charge is -2.54. The average Bonchev–Trinajstić information content (AvgIpc) is 3.16. The van der Waals surface area contributed by atoms with Gasteiger partial charge in [-0.2, -0.15) is 0 Å². The van der Waals surface area contributed by atoms with Gasteiger partial charge < -0.3 is 58.3 Å². The number of aliphatic hydroxyl groups is 4. The molecule has 0 saturated carbocycles. The number of carbonyl (C=O) groups is 5. The molecule has 0 amide bonds. The fourth-order valence-corrected chi connectivity index (χ4v) is 8.29. The largest absolute Gasteiger partial charge is 0.466 e. The van der Waals surface area contributed by atoms with Crippen LogP contribution in [0.3, 0.4) is 0 Å². The van der Waals surface area contributed by atoms with Gasteiger partial charge in [-0.3, -0.25) is 14.4 Å². The van der Waals surface area contributed by atoms with E-state index in [1.54, 1.807) is 60.6 Å². The second-order valence-corrected chi connectivity index (χ2v) is 18.7. The standard InChI is InChI=1S/C45H68O17/c1-11-12-36(48)60-40-28(19-38(50)56-10)18-31-22-34(26(3)46)58-39(51)21-29(47)20-32-23-35(59-41(52)42(4,5)6)43(7,8)44(53,61-32)24-33-16-27(17-37(49)55-9)15-30(57-33)14-13-25(2)45(40,54)62-31/h13-14,17,19,25-26,29-35,40,46-47,53-54H,11-12,15-16,18,20-24H2,1-10H3/b14-13+,27-17+,28-19+/t25-,26+,29+,30-,31-,32+,33-,34+,35-,40-,44-,45-/m0/s1. The molecule has 62 heavy (non-hydrogen) atoms. The van der Waals surface area contributed by atoms with Gasteiger partial charge in [0.25, 0.3) is 0 Å². The third kappa shape index (κ3) is 12.7. The Kier molecular flexibility index (Phi) is 17.1. The SMILES string of the molecule is CCCC(=O)O[C@H]1/C(=C/C(=O)OC)C[C@H]2C[C@H]([C@@H](C)O)OC(=O)C[C@H](O)C[C@@H]3C[C@H](OC(=O)C(C)(C)C)C(C)(C)[C@](O)(C[C@@H]4C/C(=C/C(=O)OC)C[C@H](/C=C/[C@H](C)[C@]1(O)O2)O4)O3. The van der Waals surface area contributed by atoms with E-state index in [0.717, 1.165) is 6.08 Å². The molecular formula is C45H68O17. The fourth-order valence-electron chi connectivity index (χ4n) is 8.29. The quantitative estimate of drug-likeness (QED) is 0.123. The van der Waals surface area contributed by atoms with Gasteiger partial charge in [-0.25, -0.2) is 9.59 Å². The van der Waals surface area contributed by atoms with Crippen molar-refractivity contribution in [3.8, 4) is 0 Å². The molecule has 350 valence electrons. The molecular weight excluding hydrogens is 812 g/mol. The van der Waals surface area contributed by atoms with Gasteiger partial charge in [0.05, 0.1) is 68.1 Å². The Hall–Kier alpha value is -3.71. The zero-order valence-electron chi connectivity index (χ0n) is 37.8. The van der Waals surface area contributed by atoms with Crippen molar-refractivity contribution >= 4 is 29.8 Å². The lowest BCUT2D eigenvalue weighted by molar-refractivity contribution is -0.349. The minimum Gasteiger partial charge on any atom is -0.466 e. The molecule has 3 saturated heterocycles. The number of hydrogen-bond donors (Lipinski definition) is 4. The van der Waals surface area contributed by atoms with E-state index in [4.69, 9.17) is 37.9 Å². The topological polar surface area (TPSA) is 240 Å². The van der Waals surface area contributed by atoms with Crippen LogP contribution in [0.25, 0.3) is 0 Å². The van der Waals surface area contributed by atoms with E-state index < -0.39 is 120 Å². The summed E-state index contributed by atoms with van der Waals surface area (Å²) in [4.78, 5) is 65.0. The molecule has 4 heterocycles. The van der Waals surface area contributed by atoms with Gasteiger partial charge in [-0.1, -0.05) is 45.4 Å². The highest BCUT2D eigenvalue weighted by Crippen LogP contribution is 2.50. The van der Waals surface area contributed by atoms with Gasteiger partial charge in [0.15, 0.2) is 11.9 Å². The summed E-state index contributed by atoms with van der Waals surface area (Å²) in [6, 6.07) is 0. The second kappa shape index (κ2) is 20.9. The zero-order chi connectivity index (χ0) is 46.4. The molecule has 6 bridgehead atoms. The van der Waals surface area contributed by atoms with Crippen molar-refractivity contribution in [2.75, 3.05) is 14.2 Å². The first-order chi connectivity index (χ1) is 28.8. The van der Waals surface area contributed by atoms with Crippen LogP contribution < -0.4 is 0 Å². The molecule has 4 N–H and O–H groups in total. The Labute approximate surface area is 364 Å². The van der Waals surface area contributed by atoms with Crippen LogP contribution in [0.1, 0.15) is 120 Å². The number of carbonyl (C=O) groups excluding carboxylic acids is 5. The van der Waals surface area contributed by atoms with Gasteiger partial charge in [0, 0.05) is 50.2 Å². The zero-order valence-corrected chi connectivity index (χ0v) is 37.8.